The van der Waals surface area contributed by atoms with Gasteiger partial charge < -0.3 is 14.9 Å². The van der Waals surface area contributed by atoms with E-state index < -0.39 is 0 Å². The summed E-state index contributed by atoms with van der Waals surface area (Å²) in [6.07, 6.45) is 1.93. The van der Waals surface area contributed by atoms with Crippen molar-refractivity contribution < 1.29 is 14.9 Å². The summed E-state index contributed by atoms with van der Waals surface area (Å²) in [7, 11) is 0. The number of phenols is 2. The largest absolute Gasteiger partial charge is 0.508 e. The first-order valence-electron chi connectivity index (χ1n) is 5.70. The number of benzene rings is 2. The smallest absolute Gasteiger partial charge is 0.135 e. The topological polar surface area (TPSA) is 49.7 Å². The Morgan fingerprint density at radius 2 is 1.78 bits per heavy atom. The second-order valence-corrected chi connectivity index (χ2v) is 4.13. The Balaban J connectivity index is 2.19. The minimum atomic E-state index is 0.000520. The van der Waals surface area contributed by atoms with Crippen LogP contribution in [0.3, 0.4) is 0 Å². The van der Waals surface area contributed by atoms with Crippen molar-refractivity contribution in [3.8, 4) is 17.2 Å². The fourth-order valence-electron chi connectivity index (χ4n) is 2.17. The number of fused-ring (bicyclic) bond motifs is 1. The molecule has 0 saturated carbocycles. The molecule has 0 atom stereocenters. The van der Waals surface area contributed by atoms with E-state index in [1.54, 1.807) is 0 Å². The molecule has 2 aromatic carbocycles. The van der Waals surface area contributed by atoms with Gasteiger partial charge in [0.15, 0.2) is 0 Å². The third kappa shape index (κ3) is 1.70. The molecule has 2 aromatic rings. The second kappa shape index (κ2) is 4.11. The summed E-state index contributed by atoms with van der Waals surface area (Å²) < 4.78 is 5.44. The van der Waals surface area contributed by atoms with Crippen molar-refractivity contribution in [3.05, 3.63) is 59.7 Å². The number of aromatic hydroxyl groups is 2. The minimum Gasteiger partial charge on any atom is -0.508 e. The molecule has 0 radical (unpaired) electrons. The van der Waals surface area contributed by atoms with E-state index in [2.05, 4.69) is 0 Å². The Kier molecular flexibility index (Phi) is 2.45. The monoisotopic (exact) mass is 240 g/mol. The van der Waals surface area contributed by atoms with Crippen molar-refractivity contribution in [2.24, 2.45) is 0 Å². The molecule has 1 aliphatic rings. The van der Waals surface area contributed by atoms with Gasteiger partial charge in [0.25, 0.3) is 0 Å². The summed E-state index contributed by atoms with van der Waals surface area (Å²) in [4.78, 5) is 0. The molecule has 0 amide bonds. The molecule has 1 heterocycles. The van der Waals surface area contributed by atoms with Crippen LogP contribution >= 0.6 is 0 Å². The molecule has 0 aliphatic carbocycles. The van der Waals surface area contributed by atoms with Crippen LogP contribution in [0.2, 0.25) is 0 Å². The summed E-state index contributed by atoms with van der Waals surface area (Å²) >= 11 is 0. The van der Waals surface area contributed by atoms with Gasteiger partial charge in [-0.15, -0.1) is 0 Å². The van der Waals surface area contributed by atoms with E-state index in [4.69, 9.17) is 4.74 Å². The van der Waals surface area contributed by atoms with Crippen molar-refractivity contribution in [1.82, 2.24) is 0 Å². The Bertz CT molecular complexity index is 615. The number of hydrogen-bond donors (Lipinski definition) is 2. The van der Waals surface area contributed by atoms with E-state index in [0.717, 1.165) is 11.1 Å². The lowest BCUT2D eigenvalue weighted by Crippen LogP contribution is -2.05. The highest BCUT2D eigenvalue weighted by atomic mass is 16.5. The normalized spacial score (nSPS) is 13.4. The van der Waals surface area contributed by atoms with Crippen molar-refractivity contribution in [3.63, 3.8) is 0 Å². The molecular formula is C15H12O3. The highest BCUT2D eigenvalue weighted by Crippen LogP contribution is 2.42. The standard InChI is InChI=1S/C15H12O3/c16-11-8-13(17)15-12(6-7-18-14(15)9-11)10-4-2-1-3-5-10/h1-6,8-9,16-17H,7H2. The second-order valence-electron chi connectivity index (χ2n) is 4.13. The highest BCUT2D eigenvalue weighted by Gasteiger charge is 2.20. The van der Waals surface area contributed by atoms with Gasteiger partial charge in [-0.05, 0) is 17.2 Å². The molecule has 3 nitrogen and oxygen atoms in total. The first-order chi connectivity index (χ1) is 8.75. The maximum absolute atomic E-state index is 9.99. The van der Waals surface area contributed by atoms with Gasteiger partial charge in [-0.25, -0.2) is 0 Å². The average molecular weight is 240 g/mol. The van der Waals surface area contributed by atoms with Gasteiger partial charge in [-0.3, -0.25) is 0 Å². The average Bonchev–Trinajstić information content (AvgIpc) is 2.38. The van der Waals surface area contributed by atoms with Crippen LogP contribution in [0, 0.1) is 0 Å². The van der Waals surface area contributed by atoms with Crippen LogP contribution in [-0.2, 0) is 0 Å². The van der Waals surface area contributed by atoms with Crippen LogP contribution in [0.15, 0.2) is 48.5 Å². The molecule has 3 heteroatoms. The van der Waals surface area contributed by atoms with E-state index in [1.807, 2.05) is 36.4 Å². The summed E-state index contributed by atoms with van der Waals surface area (Å²) in [6, 6.07) is 12.6. The molecule has 0 bridgehead atoms. The van der Waals surface area contributed by atoms with Crippen molar-refractivity contribution in [2.45, 2.75) is 0 Å². The Labute approximate surface area is 105 Å². The van der Waals surface area contributed by atoms with Crippen molar-refractivity contribution in [2.75, 3.05) is 6.61 Å². The molecule has 18 heavy (non-hydrogen) atoms. The predicted molar refractivity (Wildman–Crippen MR) is 68.8 cm³/mol. The van der Waals surface area contributed by atoms with Crippen LogP contribution in [0.25, 0.3) is 5.57 Å². The maximum Gasteiger partial charge on any atom is 0.135 e. The lowest BCUT2D eigenvalue weighted by Gasteiger charge is -2.20. The first kappa shape index (κ1) is 10.7. The van der Waals surface area contributed by atoms with Crippen LogP contribution < -0.4 is 4.74 Å². The summed E-state index contributed by atoms with van der Waals surface area (Å²) in [5.41, 5.74) is 2.57. The number of phenolic OH excluding ortho intramolecular Hbond substituents is 2. The van der Waals surface area contributed by atoms with Crippen molar-refractivity contribution in [1.29, 1.82) is 0 Å². The zero-order valence-corrected chi connectivity index (χ0v) is 9.63. The van der Waals surface area contributed by atoms with Crippen LogP contribution in [0.4, 0.5) is 0 Å². The SMILES string of the molecule is Oc1cc(O)c2c(c1)OCC=C2c1ccccc1. The lowest BCUT2D eigenvalue weighted by molar-refractivity contribution is 0.349. The van der Waals surface area contributed by atoms with Gasteiger partial charge in [0.2, 0.25) is 0 Å². The first-order valence-corrected chi connectivity index (χ1v) is 5.70. The molecule has 0 spiro atoms. The third-order valence-corrected chi connectivity index (χ3v) is 2.95. The van der Waals surface area contributed by atoms with Crippen LogP contribution in [0.5, 0.6) is 17.2 Å². The fraction of sp³-hybridized carbons (Fsp3) is 0.0667. The maximum atomic E-state index is 9.99. The molecular weight excluding hydrogens is 228 g/mol. The third-order valence-electron chi connectivity index (χ3n) is 2.95. The Morgan fingerprint density at radius 1 is 1.00 bits per heavy atom. The van der Waals surface area contributed by atoms with Gasteiger partial charge >= 0.3 is 0 Å². The molecule has 3 rings (SSSR count). The van der Waals surface area contributed by atoms with E-state index in [1.165, 1.54) is 12.1 Å². The van der Waals surface area contributed by atoms with Crippen LogP contribution in [0.1, 0.15) is 11.1 Å². The zero-order valence-electron chi connectivity index (χ0n) is 9.63. The quantitative estimate of drug-likeness (QED) is 0.805. The van der Waals surface area contributed by atoms with E-state index in [9.17, 15) is 10.2 Å². The van der Waals surface area contributed by atoms with E-state index in [-0.39, 0.29) is 11.5 Å². The summed E-state index contributed by atoms with van der Waals surface area (Å²) in [5.74, 6) is 0.536. The number of rotatable bonds is 1. The number of hydrogen-bond acceptors (Lipinski definition) is 3. The Morgan fingerprint density at radius 3 is 2.56 bits per heavy atom. The molecule has 90 valence electrons. The highest BCUT2D eigenvalue weighted by molar-refractivity contribution is 5.87. The fourth-order valence-corrected chi connectivity index (χ4v) is 2.17. The van der Waals surface area contributed by atoms with Gasteiger partial charge in [0.05, 0.1) is 5.56 Å². The Hall–Kier alpha value is -2.42. The van der Waals surface area contributed by atoms with Crippen molar-refractivity contribution >= 4 is 5.57 Å². The zero-order chi connectivity index (χ0) is 12.5. The summed E-state index contributed by atoms with van der Waals surface area (Å²) in [6.45, 7) is 0.431. The van der Waals surface area contributed by atoms with E-state index in [0.29, 0.717) is 17.9 Å². The lowest BCUT2D eigenvalue weighted by atomic mass is 9.94. The molecule has 0 aromatic heterocycles. The molecule has 0 saturated heterocycles. The summed E-state index contributed by atoms with van der Waals surface area (Å²) in [5, 5.41) is 19.5. The van der Waals surface area contributed by atoms with Crippen LogP contribution in [-0.4, -0.2) is 16.8 Å². The van der Waals surface area contributed by atoms with Gasteiger partial charge in [0, 0.05) is 12.1 Å². The van der Waals surface area contributed by atoms with E-state index >= 15 is 0 Å². The molecule has 2 N–H and O–H groups in total. The molecule has 0 fully saturated rings. The number of ether oxygens (including phenoxy) is 1. The predicted octanol–water partition coefficient (Wildman–Crippen LogP) is 2.92. The van der Waals surface area contributed by atoms with Gasteiger partial charge in [0.1, 0.15) is 23.9 Å². The van der Waals surface area contributed by atoms with Gasteiger partial charge in [-0.1, -0.05) is 30.3 Å². The molecule has 0 unspecified atom stereocenters. The minimum absolute atomic E-state index is 0.000520. The molecule has 1 aliphatic heterocycles. The van der Waals surface area contributed by atoms with Gasteiger partial charge in [-0.2, -0.15) is 0 Å².